The normalized spacial score (nSPS) is 27.0. The fourth-order valence-corrected chi connectivity index (χ4v) is 2.50. The molecule has 0 aromatic rings. The van der Waals surface area contributed by atoms with Gasteiger partial charge in [-0.2, -0.15) is 0 Å². The standard InChI is InChI=1S/C14H19ClO9/c1-6(16)20-5-10(21-7(2)17)11-12(22-8(3)18)13(14(15)24-11)23-9(4)19/h10-14H,5H2,1-4H3/t10-,11+,12+,13-,14-/m1/s1. The van der Waals surface area contributed by atoms with Crippen LogP contribution >= 0.6 is 11.6 Å². The van der Waals surface area contributed by atoms with Crippen LogP contribution in [0.15, 0.2) is 0 Å². The van der Waals surface area contributed by atoms with E-state index in [2.05, 4.69) is 0 Å². The number of rotatable bonds is 6. The van der Waals surface area contributed by atoms with Gasteiger partial charge in [0.1, 0.15) is 12.7 Å². The highest BCUT2D eigenvalue weighted by Crippen LogP contribution is 2.32. The molecule has 1 saturated heterocycles. The molecule has 0 amide bonds. The van der Waals surface area contributed by atoms with Gasteiger partial charge in [-0.05, 0) is 0 Å². The molecule has 0 radical (unpaired) electrons. The molecule has 1 aliphatic rings. The summed E-state index contributed by atoms with van der Waals surface area (Å²) in [4.78, 5) is 44.8. The fraction of sp³-hybridized carbons (Fsp3) is 0.714. The summed E-state index contributed by atoms with van der Waals surface area (Å²) in [6.07, 6.45) is -4.41. The second-order valence-electron chi connectivity index (χ2n) is 5.05. The predicted molar refractivity (Wildman–Crippen MR) is 77.8 cm³/mol. The van der Waals surface area contributed by atoms with Crippen molar-refractivity contribution in [1.29, 1.82) is 0 Å². The van der Waals surface area contributed by atoms with Crippen LogP contribution in [0.4, 0.5) is 0 Å². The molecule has 0 aromatic heterocycles. The van der Waals surface area contributed by atoms with Crippen molar-refractivity contribution in [3.8, 4) is 0 Å². The number of hydrogen-bond donors (Lipinski definition) is 0. The summed E-state index contributed by atoms with van der Waals surface area (Å²) < 4.78 is 25.5. The van der Waals surface area contributed by atoms with Gasteiger partial charge >= 0.3 is 23.9 Å². The van der Waals surface area contributed by atoms with E-state index in [0.717, 1.165) is 20.8 Å². The lowest BCUT2D eigenvalue weighted by Crippen LogP contribution is -2.46. The molecular formula is C14H19ClO9. The average molecular weight is 367 g/mol. The molecule has 0 unspecified atom stereocenters. The maximum atomic E-state index is 11.3. The van der Waals surface area contributed by atoms with Crippen molar-refractivity contribution in [1.82, 2.24) is 0 Å². The first-order valence-corrected chi connectivity index (χ1v) is 7.50. The zero-order valence-corrected chi connectivity index (χ0v) is 14.4. The molecule has 0 aromatic carbocycles. The summed E-state index contributed by atoms with van der Waals surface area (Å²) in [7, 11) is 0. The maximum absolute atomic E-state index is 11.3. The quantitative estimate of drug-likeness (QED) is 0.372. The average Bonchev–Trinajstić information content (AvgIpc) is 2.70. The van der Waals surface area contributed by atoms with Crippen LogP contribution in [0.5, 0.6) is 0 Å². The Kier molecular flexibility index (Phi) is 7.43. The molecule has 0 N–H and O–H groups in total. The summed E-state index contributed by atoms with van der Waals surface area (Å²) in [5, 5.41) is 0. The van der Waals surface area contributed by atoms with Crippen molar-refractivity contribution in [2.45, 2.75) is 57.7 Å². The number of ether oxygens (including phenoxy) is 5. The van der Waals surface area contributed by atoms with E-state index in [4.69, 9.17) is 35.3 Å². The number of halogens is 1. The molecule has 24 heavy (non-hydrogen) atoms. The maximum Gasteiger partial charge on any atom is 0.303 e. The minimum absolute atomic E-state index is 0.340. The highest BCUT2D eigenvalue weighted by atomic mass is 35.5. The highest BCUT2D eigenvalue weighted by Gasteiger charge is 2.52. The number of carbonyl (C=O) groups excluding carboxylic acids is 4. The van der Waals surface area contributed by atoms with E-state index in [1.807, 2.05) is 0 Å². The lowest BCUT2D eigenvalue weighted by molar-refractivity contribution is -0.176. The third-order valence-electron chi connectivity index (χ3n) is 2.93. The molecule has 0 spiro atoms. The van der Waals surface area contributed by atoms with Crippen LogP contribution in [-0.4, -0.2) is 60.5 Å². The lowest BCUT2D eigenvalue weighted by atomic mass is 10.1. The van der Waals surface area contributed by atoms with E-state index in [1.165, 1.54) is 6.92 Å². The third kappa shape index (κ3) is 5.97. The largest absolute Gasteiger partial charge is 0.462 e. The SMILES string of the molecule is CC(=O)OC[C@@H](OC(C)=O)[C@@H]1O[C@@H](Cl)[C@H](OC(C)=O)[C@H]1OC(C)=O. The topological polar surface area (TPSA) is 114 Å². The summed E-state index contributed by atoms with van der Waals surface area (Å²) in [5.74, 6) is -2.60. The van der Waals surface area contributed by atoms with Crippen LogP contribution in [0.1, 0.15) is 27.7 Å². The summed E-state index contributed by atoms with van der Waals surface area (Å²) in [5.41, 5.74) is -1.14. The molecule has 0 aliphatic carbocycles. The fourth-order valence-electron chi connectivity index (χ4n) is 2.19. The molecule has 1 rings (SSSR count). The van der Waals surface area contributed by atoms with Crippen molar-refractivity contribution in [2.75, 3.05) is 6.61 Å². The predicted octanol–water partition coefficient (Wildman–Crippen LogP) is 0.308. The van der Waals surface area contributed by atoms with Crippen LogP contribution in [0.25, 0.3) is 0 Å². The zero-order valence-electron chi connectivity index (χ0n) is 13.6. The Balaban J connectivity index is 3.03. The monoisotopic (exact) mass is 366 g/mol. The van der Waals surface area contributed by atoms with Gasteiger partial charge in [-0.25, -0.2) is 0 Å². The van der Waals surface area contributed by atoms with Gasteiger partial charge in [-0.1, -0.05) is 11.6 Å². The van der Waals surface area contributed by atoms with Gasteiger partial charge in [-0.15, -0.1) is 0 Å². The van der Waals surface area contributed by atoms with Gasteiger partial charge in [0.2, 0.25) is 0 Å². The van der Waals surface area contributed by atoms with Gasteiger partial charge in [-0.3, -0.25) is 19.2 Å². The molecular weight excluding hydrogens is 348 g/mol. The van der Waals surface area contributed by atoms with Gasteiger partial charge in [0.05, 0.1) is 0 Å². The highest BCUT2D eigenvalue weighted by molar-refractivity contribution is 6.20. The Morgan fingerprint density at radius 1 is 0.917 bits per heavy atom. The minimum Gasteiger partial charge on any atom is -0.462 e. The van der Waals surface area contributed by atoms with E-state index < -0.39 is 53.9 Å². The van der Waals surface area contributed by atoms with Gasteiger partial charge in [0.15, 0.2) is 23.9 Å². The molecule has 1 fully saturated rings. The van der Waals surface area contributed by atoms with Crippen LogP contribution < -0.4 is 0 Å². The second kappa shape index (κ2) is 8.84. The summed E-state index contributed by atoms with van der Waals surface area (Å²) in [6.45, 7) is 4.29. The molecule has 9 nitrogen and oxygen atoms in total. The zero-order chi connectivity index (χ0) is 18.4. The Bertz CT molecular complexity index is 506. The molecule has 1 heterocycles. The second-order valence-corrected chi connectivity index (χ2v) is 5.48. The van der Waals surface area contributed by atoms with E-state index in [1.54, 1.807) is 0 Å². The smallest absolute Gasteiger partial charge is 0.303 e. The van der Waals surface area contributed by atoms with E-state index in [0.29, 0.717) is 0 Å². The first kappa shape index (κ1) is 20.2. The Morgan fingerprint density at radius 2 is 1.46 bits per heavy atom. The number of esters is 4. The van der Waals surface area contributed by atoms with Gasteiger partial charge in [0.25, 0.3) is 0 Å². The van der Waals surface area contributed by atoms with Crippen LogP contribution in [0, 0.1) is 0 Å². The first-order valence-electron chi connectivity index (χ1n) is 7.06. The van der Waals surface area contributed by atoms with Crippen molar-refractivity contribution in [3.63, 3.8) is 0 Å². The summed E-state index contributed by atoms with van der Waals surface area (Å²) in [6, 6.07) is 0. The first-order chi connectivity index (χ1) is 11.1. The van der Waals surface area contributed by atoms with Crippen molar-refractivity contribution < 1.29 is 42.9 Å². The van der Waals surface area contributed by atoms with Crippen LogP contribution in [-0.2, 0) is 42.9 Å². The van der Waals surface area contributed by atoms with Gasteiger partial charge in [0, 0.05) is 27.7 Å². The molecule has 1 aliphatic heterocycles. The summed E-state index contributed by atoms with van der Waals surface area (Å²) >= 11 is 6.00. The molecule has 5 atom stereocenters. The van der Waals surface area contributed by atoms with E-state index >= 15 is 0 Å². The number of hydrogen-bond acceptors (Lipinski definition) is 9. The molecule has 136 valence electrons. The van der Waals surface area contributed by atoms with E-state index in [-0.39, 0.29) is 6.61 Å². The minimum atomic E-state index is -1.14. The van der Waals surface area contributed by atoms with Crippen LogP contribution in [0.3, 0.4) is 0 Å². The van der Waals surface area contributed by atoms with Crippen molar-refractivity contribution >= 4 is 35.5 Å². The number of carbonyl (C=O) groups is 4. The van der Waals surface area contributed by atoms with Crippen LogP contribution in [0.2, 0.25) is 0 Å². The Labute approximate surface area is 143 Å². The number of alkyl halides is 1. The van der Waals surface area contributed by atoms with E-state index in [9.17, 15) is 19.2 Å². The van der Waals surface area contributed by atoms with Crippen molar-refractivity contribution in [2.24, 2.45) is 0 Å². The Hall–Kier alpha value is -1.87. The van der Waals surface area contributed by atoms with Crippen molar-refractivity contribution in [3.05, 3.63) is 0 Å². The molecule has 0 saturated carbocycles. The molecule has 10 heteroatoms. The van der Waals surface area contributed by atoms with Gasteiger partial charge < -0.3 is 23.7 Å². The molecule has 0 bridgehead atoms. The Morgan fingerprint density at radius 3 is 1.92 bits per heavy atom. The third-order valence-corrected chi connectivity index (χ3v) is 3.28. The lowest BCUT2D eigenvalue weighted by Gasteiger charge is -2.27.